The molecule has 0 spiro atoms. The van der Waals surface area contributed by atoms with Crippen molar-refractivity contribution in [1.29, 1.82) is 0 Å². The molecule has 0 aliphatic heterocycles. The van der Waals surface area contributed by atoms with Gasteiger partial charge in [-0.1, -0.05) is 0 Å². The van der Waals surface area contributed by atoms with Crippen LogP contribution in [0.4, 0.5) is 5.69 Å². The van der Waals surface area contributed by atoms with Crippen LogP contribution in [0.15, 0.2) is 18.2 Å². The Hall–Kier alpha value is -2.24. The third kappa shape index (κ3) is 3.37. The van der Waals surface area contributed by atoms with Gasteiger partial charge in [-0.25, -0.2) is 9.59 Å². The number of ether oxygens (including phenoxy) is 3. The lowest BCUT2D eigenvalue weighted by Crippen LogP contribution is -2.13. The van der Waals surface area contributed by atoms with Gasteiger partial charge in [0.15, 0.2) is 6.61 Å². The second kappa shape index (κ2) is 5.74. The lowest BCUT2D eigenvalue weighted by atomic mass is 10.2. The molecule has 0 bridgehead atoms. The summed E-state index contributed by atoms with van der Waals surface area (Å²) in [6.07, 6.45) is 0. The van der Waals surface area contributed by atoms with Crippen LogP contribution in [0.25, 0.3) is 0 Å². The standard InChI is InChI=1S/C11H13NO5/c1-15-10(13)6-17-7-3-4-9(12)8(5-7)11(14)16-2/h3-5H,6,12H2,1-2H3. The van der Waals surface area contributed by atoms with E-state index in [-0.39, 0.29) is 17.9 Å². The Kier molecular flexibility index (Phi) is 4.33. The van der Waals surface area contributed by atoms with E-state index < -0.39 is 11.9 Å². The monoisotopic (exact) mass is 239 g/mol. The maximum atomic E-state index is 11.3. The lowest BCUT2D eigenvalue weighted by molar-refractivity contribution is -0.142. The first-order valence-corrected chi connectivity index (χ1v) is 4.76. The Morgan fingerprint density at radius 1 is 1.24 bits per heavy atom. The maximum absolute atomic E-state index is 11.3. The molecule has 1 aromatic rings. The van der Waals surface area contributed by atoms with E-state index in [2.05, 4.69) is 9.47 Å². The number of rotatable bonds is 4. The summed E-state index contributed by atoms with van der Waals surface area (Å²) in [4.78, 5) is 22.2. The number of esters is 2. The quantitative estimate of drug-likeness (QED) is 0.611. The number of hydrogen-bond donors (Lipinski definition) is 1. The Bertz CT molecular complexity index is 430. The highest BCUT2D eigenvalue weighted by Crippen LogP contribution is 2.20. The van der Waals surface area contributed by atoms with Crippen LogP contribution in [0.5, 0.6) is 5.75 Å². The molecule has 0 radical (unpaired) electrons. The number of carbonyl (C=O) groups is 2. The Morgan fingerprint density at radius 3 is 2.53 bits per heavy atom. The highest BCUT2D eigenvalue weighted by Gasteiger charge is 2.11. The van der Waals surface area contributed by atoms with E-state index in [0.717, 1.165) is 0 Å². The van der Waals surface area contributed by atoms with Crippen LogP contribution in [0.1, 0.15) is 10.4 Å². The third-order valence-corrected chi connectivity index (χ3v) is 2.01. The summed E-state index contributed by atoms with van der Waals surface area (Å²) in [5.74, 6) is -0.738. The molecule has 1 aromatic carbocycles. The molecule has 6 heteroatoms. The second-order valence-corrected chi connectivity index (χ2v) is 3.11. The van der Waals surface area contributed by atoms with Crippen molar-refractivity contribution in [3.63, 3.8) is 0 Å². The molecule has 0 aliphatic rings. The summed E-state index contributed by atoms with van der Waals surface area (Å²) < 4.78 is 14.1. The number of methoxy groups -OCH3 is 2. The van der Waals surface area contributed by atoms with Gasteiger partial charge in [-0.2, -0.15) is 0 Å². The van der Waals surface area contributed by atoms with Crippen LogP contribution < -0.4 is 10.5 Å². The summed E-state index contributed by atoms with van der Waals surface area (Å²) in [6.45, 7) is -0.235. The molecule has 92 valence electrons. The zero-order chi connectivity index (χ0) is 12.8. The molecule has 0 amide bonds. The number of hydrogen-bond acceptors (Lipinski definition) is 6. The van der Waals surface area contributed by atoms with Crippen molar-refractivity contribution in [2.24, 2.45) is 0 Å². The summed E-state index contributed by atoms with van der Waals surface area (Å²) in [7, 11) is 2.51. The topological polar surface area (TPSA) is 87.9 Å². The normalized spacial score (nSPS) is 9.53. The first-order chi connectivity index (χ1) is 8.08. The van der Waals surface area contributed by atoms with Gasteiger partial charge in [0, 0.05) is 5.69 Å². The van der Waals surface area contributed by atoms with Crippen molar-refractivity contribution in [2.45, 2.75) is 0 Å². The number of nitrogens with two attached hydrogens (primary N) is 1. The molecule has 0 saturated heterocycles. The molecule has 0 heterocycles. The molecule has 1 rings (SSSR count). The summed E-state index contributed by atoms with van der Waals surface area (Å²) in [5, 5.41) is 0. The number of benzene rings is 1. The predicted molar refractivity (Wildman–Crippen MR) is 59.7 cm³/mol. The first-order valence-electron chi connectivity index (χ1n) is 4.76. The molecule has 17 heavy (non-hydrogen) atoms. The summed E-state index contributed by atoms with van der Waals surface area (Å²) in [6, 6.07) is 4.45. The van der Waals surface area contributed by atoms with E-state index in [0.29, 0.717) is 5.75 Å². The van der Waals surface area contributed by atoms with Gasteiger partial charge in [-0.3, -0.25) is 0 Å². The van der Waals surface area contributed by atoms with Crippen molar-refractivity contribution in [3.8, 4) is 5.75 Å². The van der Waals surface area contributed by atoms with Gasteiger partial charge in [0.1, 0.15) is 5.75 Å². The van der Waals surface area contributed by atoms with Crippen molar-refractivity contribution in [3.05, 3.63) is 23.8 Å². The molecule has 6 nitrogen and oxygen atoms in total. The van der Waals surface area contributed by atoms with E-state index in [1.807, 2.05) is 0 Å². The van der Waals surface area contributed by atoms with E-state index in [9.17, 15) is 9.59 Å². The highest BCUT2D eigenvalue weighted by molar-refractivity contribution is 5.95. The molecular weight excluding hydrogens is 226 g/mol. The average Bonchev–Trinajstić information content (AvgIpc) is 2.36. The minimum absolute atomic E-state index is 0.190. The van der Waals surface area contributed by atoms with E-state index in [1.165, 1.54) is 26.4 Å². The molecule has 0 saturated carbocycles. The fourth-order valence-corrected chi connectivity index (χ4v) is 1.11. The van der Waals surface area contributed by atoms with E-state index >= 15 is 0 Å². The van der Waals surface area contributed by atoms with Gasteiger partial charge >= 0.3 is 11.9 Å². The van der Waals surface area contributed by atoms with Crippen LogP contribution >= 0.6 is 0 Å². The third-order valence-electron chi connectivity index (χ3n) is 2.01. The number of nitrogen functional groups attached to an aromatic ring is 1. The van der Waals surface area contributed by atoms with E-state index in [1.54, 1.807) is 6.07 Å². The lowest BCUT2D eigenvalue weighted by Gasteiger charge is -2.08. The predicted octanol–water partition coefficient (Wildman–Crippen LogP) is 0.607. The van der Waals surface area contributed by atoms with Gasteiger partial charge in [0.25, 0.3) is 0 Å². The molecule has 0 atom stereocenters. The van der Waals surface area contributed by atoms with Gasteiger partial charge < -0.3 is 19.9 Å². The van der Waals surface area contributed by atoms with Crippen LogP contribution in [0, 0.1) is 0 Å². The minimum atomic E-state index is -0.564. The Balaban J connectivity index is 2.81. The van der Waals surface area contributed by atoms with Crippen LogP contribution in [-0.4, -0.2) is 32.8 Å². The van der Waals surface area contributed by atoms with Crippen molar-refractivity contribution < 1.29 is 23.8 Å². The van der Waals surface area contributed by atoms with Gasteiger partial charge in [0.2, 0.25) is 0 Å². The molecule has 0 unspecified atom stereocenters. The largest absolute Gasteiger partial charge is 0.482 e. The van der Waals surface area contributed by atoms with E-state index in [4.69, 9.17) is 10.5 Å². The van der Waals surface area contributed by atoms with Gasteiger partial charge in [0.05, 0.1) is 19.8 Å². The van der Waals surface area contributed by atoms with Gasteiger partial charge in [-0.15, -0.1) is 0 Å². The fraction of sp³-hybridized carbons (Fsp3) is 0.273. The van der Waals surface area contributed by atoms with Crippen molar-refractivity contribution >= 4 is 17.6 Å². The zero-order valence-corrected chi connectivity index (χ0v) is 9.56. The fourth-order valence-electron chi connectivity index (χ4n) is 1.11. The number of carbonyl (C=O) groups excluding carboxylic acids is 2. The highest BCUT2D eigenvalue weighted by atomic mass is 16.6. The second-order valence-electron chi connectivity index (χ2n) is 3.11. The van der Waals surface area contributed by atoms with Crippen molar-refractivity contribution in [1.82, 2.24) is 0 Å². The van der Waals surface area contributed by atoms with Gasteiger partial charge in [-0.05, 0) is 18.2 Å². The molecule has 0 aliphatic carbocycles. The summed E-state index contributed by atoms with van der Waals surface area (Å²) in [5.41, 5.74) is 6.07. The summed E-state index contributed by atoms with van der Waals surface area (Å²) >= 11 is 0. The molecule has 0 fully saturated rings. The van der Waals surface area contributed by atoms with Crippen molar-refractivity contribution in [2.75, 3.05) is 26.6 Å². The number of anilines is 1. The molecule has 2 N–H and O–H groups in total. The van der Waals surface area contributed by atoms with Crippen LogP contribution in [0.2, 0.25) is 0 Å². The average molecular weight is 239 g/mol. The zero-order valence-electron chi connectivity index (χ0n) is 9.56. The van der Waals surface area contributed by atoms with Crippen LogP contribution in [-0.2, 0) is 14.3 Å². The Labute approximate surface area is 98.3 Å². The molecule has 0 aromatic heterocycles. The first kappa shape index (κ1) is 12.8. The SMILES string of the molecule is COC(=O)COc1ccc(N)c(C(=O)OC)c1. The smallest absolute Gasteiger partial charge is 0.343 e. The molecular formula is C11H13NO5. The maximum Gasteiger partial charge on any atom is 0.343 e. The Morgan fingerprint density at radius 2 is 1.94 bits per heavy atom. The minimum Gasteiger partial charge on any atom is -0.482 e. The van der Waals surface area contributed by atoms with Crippen LogP contribution in [0.3, 0.4) is 0 Å².